The van der Waals surface area contributed by atoms with E-state index in [2.05, 4.69) is 0 Å². The summed E-state index contributed by atoms with van der Waals surface area (Å²) in [6, 6.07) is 9.03. The molecular weight excluding hydrogens is 180 g/mol. The summed E-state index contributed by atoms with van der Waals surface area (Å²) in [5.41, 5.74) is 0.683. The molecule has 3 nitrogen and oxygen atoms in total. The van der Waals surface area contributed by atoms with Crippen molar-refractivity contribution in [2.45, 2.75) is 6.42 Å². The Morgan fingerprint density at radius 1 is 1.29 bits per heavy atom. The van der Waals surface area contributed by atoms with Gasteiger partial charge in [0.05, 0.1) is 6.61 Å². The van der Waals surface area contributed by atoms with Crippen LogP contribution in [0.4, 0.5) is 0 Å². The van der Waals surface area contributed by atoms with Gasteiger partial charge in [-0.15, -0.1) is 0 Å². The van der Waals surface area contributed by atoms with Crippen LogP contribution in [-0.4, -0.2) is 25.3 Å². The third-order valence-corrected chi connectivity index (χ3v) is 1.76. The van der Waals surface area contributed by atoms with Crippen molar-refractivity contribution in [2.24, 2.45) is 0 Å². The zero-order valence-electron chi connectivity index (χ0n) is 7.81. The molecule has 74 valence electrons. The molecule has 0 spiro atoms. The lowest BCUT2D eigenvalue weighted by Gasteiger charge is -2.00. The summed E-state index contributed by atoms with van der Waals surface area (Å²) >= 11 is 0. The highest BCUT2D eigenvalue weighted by molar-refractivity contribution is 5.96. The minimum Gasteiger partial charge on any atom is -0.374 e. The summed E-state index contributed by atoms with van der Waals surface area (Å²) in [6.45, 7) is 0.356. The molecule has 0 unspecified atom stereocenters. The van der Waals surface area contributed by atoms with Crippen molar-refractivity contribution < 1.29 is 14.3 Å². The average molecular weight is 192 g/mol. The number of ether oxygens (including phenoxy) is 1. The molecule has 14 heavy (non-hydrogen) atoms. The molecule has 1 aromatic carbocycles. The number of carbonyl (C=O) groups excluding carboxylic acids is 2. The number of rotatable bonds is 6. The van der Waals surface area contributed by atoms with Crippen LogP contribution in [0.1, 0.15) is 16.8 Å². The van der Waals surface area contributed by atoms with Gasteiger partial charge in [0.1, 0.15) is 12.9 Å². The van der Waals surface area contributed by atoms with Crippen molar-refractivity contribution in [3.05, 3.63) is 35.9 Å². The Labute approximate surface area is 82.7 Å². The predicted octanol–water partition coefficient (Wildman–Crippen LogP) is 1.47. The van der Waals surface area contributed by atoms with Crippen molar-refractivity contribution in [3.8, 4) is 0 Å². The molecule has 3 heteroatoms. The molecule has 0 aliphatic rings. The van der Waals surface area contributed by atoms with Gasteiger partial charge in [0, 0.05) is 12.0 Å². The summed E-state index contributed by atoms with van der Waals surface area (Å²) < 4.78 is 4.89. The summed E-state index contributed by atoms with van der Waals surface area (Å²) in [4.78, 5) is 21.3. The third kappa shape index (κ3) is 3.49. The fourth-order valence-corrected chi connectivity index (χ4v) is 1.06. The van der Waals surface area contributed by atoms with E-state index in [0.29, 0.717) is 24.9 Å². The normalized spacial score (nSPS) is 9.71. The van der Waals surface area contributed by atoms with Gasteiger partial charge in [-0.2, -0.15) is 0 Å². The highest BCUT2D eigenvalue weighted by Crippen LogP contribution is 2.02. The van der Waals surface area contributed by atoms with Crippen LogP contribution in [0.3, 0.4) is 0 Å². The molecule has 0 atom stereocenters. The third-order valence-electron chi connectivity index (χ3n) is 1.76. The van der Waals surface area contributed by atoms with Gasteiger partial charge < -0.3 is 9.53 Å². The van der Waals surface area contributed by atoms with Crippen molar-refractivity contribution in [2.75, 3.05) is 13.2 Å². The minimum absolute atomic E-state index is 0.0384. The van der Waals surface area contributed by atoms with Crippen LogP contribution in [-0.2, 0) is 9.53 Å². The molecule has 0 bridgehead atoms. The van der Waals surface area contributed by atoms with Gasteiger partial charge in [-0.1, -0.05) is 30.3 Å². The quantitative estimate of drug-likeness (QED) is 0.389. The van der Waals surface area contributed by atoms with Crippen LogP contribution in [0, 0.1) is 0 Å². The van der Waals surface area contributed by atoms with Crippen LogP contribution in [0.15, 0.2) is 30.3 Å². The van der Waals surface area contributed by atoms with E-state index in [0.717, 1.165) is 0 Å². The lowest BCUT2D eigenvalue weighted by molar-refractivity contribution is -0.111. The first-order valence-electron chi connectivity index (χ1n) is 4.44. The molecular formula is C11H12O3. The second-order valence-electron chi connectivity index (χ2n) is 2.78. The molecule has 0 radical (unpaired) electrons. The SMILES string of the molecule is O=CCOCCC(=O)c1ccccc1. The van der Waals surface area contributed by atoms with Crippen LogP contribution >= 0.6 is 0 Å². The monoisotopic (exact) mass is 192 g/mol. The van der Waals surface area contributed by atoms with Crippen LogP contribution in [0.5, 0.6) is 0 Å². The highest BCUT2D eigenvalue weighted by atomic mass is 16.5. The van der Waals surface area contributed by atoms with Gasteiger partial charge in [0.25, 0.3) is 0 Å². The number of ketones is 1. The van der Waals surface area contributed by atoms with E-state index in [-0.39, 0.29) is 12.4 Å². The van der Waals surface area contributed by atoms with Gasteiger partial charge in [-0.25, -0.2) is 0 Å². The average Bonchev–Trinajstić information content (AvgIpc) is 2.25. The number of carbonyl (C=O) groups is 2. The van der Waals surface area contributed by atoms with E-state index in [4.69, 9.17) is 4.74 Å². The first-order valence-corrected chi connectivity index (χ1v) is 4.44. The van der Waals surface area contributed by atoms with E-state index >= 15 is 0 Å². The summed E-state index contributed by atoms with van der Waals surface area (Å²) in [6.07, 6.45) is 0.991. The van der Waals surface area contributed by atoms with Gasteiger partial charge in [0.2, 0.25) is 0 Å². The van der Waals surface area contributed by atoms with Gasteiger partial charge in [0.15, 0.2) is 5.78 Å². The lowest BCUT2D eigenvalue weighted by Crippen LogP contribution is -2.05. The Bertz CT molecular complexity index is 293. The van der Waals surface area contributed by atoms with Gasteiger partial charge in [-0.05, 0) is 0 Å². The fraction of sp³-hybridized carbons (Fsp3) is 0.273. The lowest BCUT2D eigenvalue weighted by atomic mass is 10.1. The largest absolute Gasteiger partial charge is 0.374 e. The summed E-state index contributed by atoms with van der Waals surface area (Å²) in [5, 5.41) is 0. The molecule has 1 rings (SSSR count). The molecule has 0 aliphatic carbocycles. The second kappa shape index (κ2) is 6.05. The maximum Gasteiger partial charge on any atom is 0.165 e. The van der Waals surface area contributed by atoms with Crippen molar-refractivity contribution >= 4 is 12.1 Å². The maximum atomic E-state index is 11.4. The summed E-state index contributed by atoms with van der Waals surface area (Å²) in [7, 11) is 0. The smallest absolute Gasteiger partial charge is 0.165 e. The van der Waals surface area contributed by atoms with E-state index < -0.39 is 0 Å². The Kier molecular flexibility index (Phi) is 4.58. The van der Waals surface area contributed by atoms with Crippen LogP contribution in [0.2, 0.25) is 0 Å². The standard InChI is InChI=1S/C11H12O3/c12-7-9-14-8-6-11(13)10-4-2-1-3-5-10/h1-5,7H,6,8-9H2. The van der Waals surface area contributed by atoms with Crippen molar-refractivity contribution in [1.82, 2.24) is 0 Å². The Hall–Kier alpha value is -1.48. The molecule has 0 aromatic heterocycles. The van der Waals surface area contributed by atoms with E-state index in [1.54, 1.807) is 12.1 Å². The first kappa shape index (κ1) is 10.6. The van der Waals surface area contributed by atoms with Crippen LogP contribution in [0.25, 0.3) is 0 Å². The van der Waals surface area contributed by atoms with Gasteiger partial charge in [-0.3, -0.25) is 4.79 Å². The molecule has 0 amide bonds. The number of Topliss-reactive ketones (excluding diaryl/α,β-unsaturated/α-hetero) is 1. The molecule has 1 aromatic rings. The van der Waals surface area contributed by atoms with Crippen molar-refractivity contribution in [3.63, 3.8) is 0 Å². The molecule has 0 fully saturated rings. The zero-order valence-corrected chi connectivity index (χ0v) is 7.81. The molecule has 0 saturated carbocycles. The Morgan fingerprint density at radius 3 is 2.64 bits per heavy atom. The highest BCUT2D eigenvalue weighted by Gasteiger charge is 2.03. The first-order chi connectivity index (χ1) is 6.84. The number of benzene rings is 1. The second-order valence-corrected chi connectivity index (χ2v) is 2.78. The van der Waals surface area contributed by atoms with E-state index in [1.165, 1.54) is 0 Å². The molecule has 0 aliphatic heterocycles. The topological polar surface area (TPSA) is 43.4 Å². The molecule has 0 heterocycles. The molecule has 0 N–H and O–H groups in total. The van der Waals surface area contributed by atoms with E-state index in [9.17, 15) is 9.59 Å². The molecule has 0 saturated heterocycles. The number of hydrogen-bond donors (Lipinski definition) is 0. The van der Waals surface area contributed by atoms with E-state index in [1.807, 2.05) is 18.2 Å². The van der Waals surface area contributed by atoms with Gasteiger partial charge >= 0.3 is 0 Å². The maximum absolute atomic E-state index is 11.4. The predicted molar refractivity (Wildman–Crippen MR) is 52.3 cm³/mol. The Morgan fingerprint density at radius 2 is 2.00 bits per heavy atom. The zero-order chi connectivity index (χ0) is 10.2. The van der Waals surface area contributed by atoms with Crippen LogP contribution < -0.4 is 0 Å². The van der Waals surface area contributed by atoms with Crippen molar-refractivity contribution in [1.29, 1.82) is 0 Å². The number of aldehydes is 1. The number of hydrogen-bond acceptors (Lipinski definition) is 3. The fourth-order valence-electron chi connectivity index (χ4n) is 1.06. The minimum atomic E-state index is 0.0384. The summed E-state index contributed by atoms with van der Waals surface area (Å²) in [5.74, 6) is 0.0384. The Balaban J connectivity index is 2.32.